The molecule has 3 aromatic rings. The average Bonchev–Trinajstić information content (AvgIpc) is 2.71. The highest BCUT2D eigenvalue weighted by Gasteiger charge is 2.12. The van der Waals surface area contributed by atoms with Crippen molar-refractivity contribution in [3.05, 3.63) is 51.4 Å². The Morgan fingerprint density at radius 2 is 1.59 bits per heavy atom. The number of para-hydroxylation sites is 1. The number of halogens is 2. The summed E-state index contributed by atoms with van der Waals surface area (Å²) in [7, 11) is 0. The molecule has 84 valence electrons. The van der Waals surface area contributed by atoms with Crippen molar-refractivity contribution < 1.29 is 0 Å². The Morgan fingerprint density at radius 1 is 0.882 bits per heavy atom. The van der Waals surface area contributed by atoms with E-state index in [-0.39, 0.29) is 0 Å². The minimum atomic E-state index is 1.03. The lowest BCUT2D eigenvalue weighted by atomic mass is 10.2. The van der Waals surface area contributed by atoms with Gasteiger partial charge in [-0.2, -0.15) is 0 Å². The molecule has 0 aliphatic carbocycles. The van der Waals surface area contributed by atoms with E-state index in [4.69, 9.17) is 0 Å². The van der Waals surface area contributed by atoms with Gasteiger partial charge in [0.2, 0.25) is 0 Å². The van der Waals surface area contributed by atoms with Crippen LogP contribution in [0.1, 0.15) is 0 Å². The Kier molecular flexibility index (Phi) is 3.03. The molecule has 0 aliphatic heterocycles. The monoisotopic (exact) mass is 367 g/mol. The van der Waals surface area contributed by atoms with Gasteiger partial charge in [0.05, 0.1) is 10.2 Å². The van der Waals surface area contributed by atoms with Gasteiger partial charge in [-0.25, -0.2) is 4.98 Å². The van der Waals surface area contributed by atoms with Crippen molar-refractivity contribution in [2.45, 2.75) is 0 Å². The average molecular weight is 369 g/mol. The van der Waals surface area contributed by atoms with E-state index >= 15 is 0 Å². The Hall–Kier alpha value is -0.710. The van der Waals surface area contributed by atoms with Crippen LogP contribution < -0.4 is 0 Å². The van der Waals surface area contributed by atoms with Gasteiger partial charge in [0, 0.05) is 14.5 Å². The van der Waals surface area contributed by atoms with Crippen LogP contribution in [0, 0.1) is 0 Å². The van der Waals surface area contributed by atoms with Crippen LogP contribution in [0.25, 0.3) is 20.8 Å². The second kappa shape index (κ2) is 4.52. The number of hydrogen-bond acceptors (Lipinski definition) is 2. The van der Waals surface area contributed by atoms with Crippen LogP contribution in [-0.4, -0.2) is 4.98 Å². The fourth-order valence-corrected chi connectivity index (χ4v) is 4.36. The van der Waals surface area contributed by atoms with Crippen molar-refractivity contribution in [1.82, 2.24) is 4.98 Å². The Labute approximate surface area is 120 Å². The Bertz CT molecular complexity index is 637. The standard InChI is InChI=1S/C13H7Br2NS/c14-8-4-3-5-9(15)12(8)13-16-10-6-1-2-7-11(10)17-13/h1-7H. The van der Waals surface area contributed by atoms with E-state index in [0.717, 1.165) is 25.0 Å². The molecule has 0 N–H and O–H groups in total. The van der Waals surface area contributed by atoms with Crippen molar-refractivity contribution in [1.29, 1.82) is 0 Å². The van der Waals surface area contributed by atoms with Gasteiger partial charge >= 0.3 is 0 Å². The van der Waals surface area contributed by atoms with E-state index in [0.29, 0.717) is 0 Å². The predicted molar refractivity (Wildman–Crippen MR) is 80.5 cm³/mol. The summed E-state index contributed by atoms with van der Waals surface area (Å²) in [5.41, 5.74) is 2.17. The first-order valence-corrected chi connectivity index (χ1v) is 7.46. The summed E-state index contributed by atoms with van der Waals surface area (Å²) in [6.07, 6.45) is 0. The van der Waals surface area contributed by atoms with E-state index in [1.54, 1.807) is 11.3 Å². The first kappa shape index (κ1) is 11.4. The maximum atomic E-state index is 4.66. The van der Waals surface area contributed by atoms with Crippen LogP contribution in [0.3, 0.4) is 0 Å². The summed E-state index contributed by atoms with van der Waals surface area (Å²) in [6.45, 7) is 0. The van der Waals surface area contributed by atoms with Crippen molar-refractivity contribution in [2.24, 2.45) is 0 Å². The molecular weight excluding hydrogens is 362 g/mol. The van der Waals surface area contributed by atoms with Crippen LogP contribution in [0.15, 0.2) is 51.4 Å². The summed E-state index contributed by atoms with van der Waals surface area (Å²) in [5, 5.41) is 1.03. The van der Waals surface area contributed by atoms with Crippen LogP contribution in [-0.2, 0) is 0 Å². The summed E-state index contributed by atoms with van der Waals surface area (Å²) in [4.78, 5) is 4.66. The smallest absolute Gasteiger partial charge is 0.126 e. The zero-order chi connectivity index (χ0) is 11.8. The SMILES string of the molecule is Brc1cccc(Br)c1-c1nc2ccccc2s1. The Balaban J connectivity index is 2.27. The molecule has 0 bridgehead atoms. The van der Waals surface area contributed by atoms with E-state index < -0.39 is 0 Å². The summed E-state index contributed by atoms with van der Waals surface area (Å²) in [5.74, 6) is 0. The van der Waals surface area contributed by atoms with Gasteiger partial charge in [0.1, 0.15) is 5.01 Å². The second-order valence-corrected chi connectivity index (χ2v) is 6.32. The molecular formula is C13H7Br2NS. The molecule has 1 heterocycles. The normalized spacial score (nSPS) is 10.9. The molecule has 0 aliphatic rings. The van der Waals surface area contributed by atoms with Gasteiger partial charge in [-0.1, -0.05) is 50.1 Å². The predicted octanol–water partition coefficient (Wildman–Crippen LogP) is 5.49. The molecule has 0 amide bonds. The van der Waals surface area contributed by atoms with Gasteiger partial charge < -0.3 is 0 Å². The molecule has 0 radical (unpaired) electrons. The summed E-state index contributed by atoms with van der Waals surface area (Å²) >= 11 is 8.86. The molecule has 3 rings (SSSR count). The highest BCUT2D eigenvalue weighted by molar-refractivity contribution is 9.11. The van der Waals surface area contributed by atoms with Gasteiger partial charge in [-0.3, -0.25) is 0 Å². The molecule has 0 unspecified atom stereocenters. The number of hydrogen-bond donors (Lipinski definition) is 0. The number of rotatable bonds is 1. The van der Waals surface area contributed by atoms with E-state index in [1.807, 2.05) is 36.4 Å². The molecule has 1 aromatic heterocycles. The number of fused-ring (bicyclic) bond motifs is 1. The first-order chi connectivity index (χ1) is 8.25. The lowest BCUT2D eigenvalue weighted by molar-refractivity contribution is 1.45. The largest absolute Gasteiger partial charge is 0.236 e. The van der Waals surface area contributed by atoms with Crippen LogP contribution in [0.4, 0.5) is 0 Å². The van der Waals surface area contributed by atoms with Crippen molar-refractivity contribution in [3.63, 3.8) is 0 Å². The van der Waals surface area contributed by atoms with E-state index in [9.17, 15) is 0 Å². The molecule has 0 atom stereocenters. The maximum absolute atomic E-state index is 4.66. The molecule has 17 heavy (non-hydrogen) atoms. The number of nitrogens with zero attached hydrogens (tertiary/aromatic N) is 1. The maximum Gasteiger partial charge on any atom is 0.126 e. The lowest BCUT2D eigenvalue weighted by Crippen LogP contribution is -1.80. The van der Waals surface area contributed by atoms with Crippen LogP contribution in [0.2, 0.25) is 0 Å². The molecule has 0 saturated carbocycles. The van der Waals surface area contributed by atoms with Crippen LogP contribution >= 0.6 is 43.2 Å². The summed E-state index contributed by atoms with van der Waals surface area (Å²) < 4.78 is 3.34. The van der Waals surface area contributed by atoms with Crippen molar-refractivity contribution >= 4 is 53.4 Å². The minimum Gasteiger partial charge on any atom is -0.236 e. The molecule has 0 spiro atoms. The molecule has 2 aromatic carbocycles. The van der Waals surface area contributed by atoms with Crippen molar-refractivity contribution in [2.75, 3.05) is 0 Å². The molecule has 0 saturated heterocycles. The minimum absolute atomic E-state index is 1.03. The highest BCUT2D eigenvalue weighted by atomic mass is 79.9. The number of aromatic nitrogens is 1. The second-order valence-electron chi connectivity index (χ2n) is 3.58. The third-order valence-electron chi connectivity index (χ3n) is 2.47. The molecule has 1 nitrogen and oxygen atoms in total. The lowest BCUT2D eigenvalue weighted by Gasteiger charge is -2.02. The molecule has 4 heteroatoms. The van der Waals surface area contributed by atoms with Gasteiger partial charge in [-0.05, 0) is 24.3 Å². The van der Waals surface area contributed by atoms with Gasteiger partial charge in [0.25, 0.3) is 0 Å². The zero-order valence-electron chi connectivity index (χ0n) is 8.65. The fourth-order valence-electron chi connectivity index (χ4n) is 1.68. The van der Waals surface area contributed by atoms with Crippen molar-refractivity contribution in [3.8, 4) is 10.6 Å². The third kappa shape index (κ3) is 2.05. The van der Waals surface area contributed by atoms with E-state index in [1.165, 1.54) is 4.70 Å². The van der Waals surface area contributed by atoms with Gasteiger partial charge in [0.15, 0.2) is 0 Å². The van der Waals surface area contributed by atoms with Gasteiger partial charge in [-0.15, -0.1) is 11.3 Å². The van der Waals surface area contributed by atoms with Crippen LogP contribution in [0.5, 0.6) is 0 Å². The highest BCUT2D eigenvalue weighted by Crippen LogP contribution is 2.38. The number of thiazole rings is 1. The zero-order valence-corrected chi connectivity index (χ0v) is 12.6. The molecule has 0 fully saturated rings. The van der Waals surface area contributed by atoms with E-state index in [2.05, 4.69) is 42.9 Å². The summed E-state index contributed by atoms with van der Waals surface area (Å²) in [6, 6.07) is 14.3. The third-order valence-corrected chi connectivity index (χ3v) is 4.85. The fraction of sp³-hybridized carbons (Fsp3) is 0. The topological polar surface area (TPSA) is 12.9 Å². The quantitative estimate of drug-likeness (QED) is 0.553. The first-order valence-electron chi connectivity index (χ1n) is 5.05. The Morgan fingerprint density at radius 3 is 2.29 bits per heavy atom. The number of benzene rings is 2.